The van der Waals surface area contributed by atoms with Gasteiger partial charge in [-0.1, -0.05) is 6.07 Å². The molecule has 1 aromatic carbocycles. The lowest BCUT2D eigenvalue weighted by atomic mass is 10.2. The third kappa shape index (κ3) is 3.28. The average Bonchev–Trinajstić information content (AvgIpc) is 2.85. The van der Waals surface area contributed by atoms with Gasteiger partial charge in [-0.3, -0.25) is 0 Å². The summed E-state index contributed by atoms with van der Waals surface area (Å²) in [7, 11) is 0. The van der Waals surface area contributed by atoms with Gasteiger partial charge in [0.05, 0.1) is 30.9 Å². The number of aryl methyl sites for hydroxylation is 2. The van der Waals surface area contributed by atoms with Crippen molar-refractivity contribution < 1.29 is 4.74 Å². The van der Waals surface area contributed by atoms with Crippen molar-refractivity contribution >= 4 is 5.69 Å². The summed E-state index contributed by atoms with van der Waals surface area (Å²) in [6.07, 6.45) is 3.75. The molecular formula is C15H21N3O. The van der Waals surface area contributed by atoms with E-state index in [0.717, 1.165) is 24.5 Å². The minimum absolute atomic E-state index is 0.672. The lowest BCUT2D eigenvalue weighted by molar-refractivity contribution is 0.341. The van der Waals surface area contributed by atoms with Crippen molar-refractivity contribution in [2.24, 2.45) is 0 Å². The number of hydrogen-bond acceptors (Lipinski definition) is 3. The quantitative estimate of drug-likeness (QED) is 0.865. The van der Waals surface area contributed by atoms with Crippen LogP contribution in [0.4, 0.5) is 5.69 Å². The van der Waals surface area contributed by atoms with Gasteiger partial charge in [-0.25, -0.2) is 4.98 Å². The Morgan fingerprint density at radius 2 is 2.16 bits per heavy atom. The number of ether oxygens (including phenoxy) is 1. The first-order valence-electron chi connectivity index (χ1n) is 6.71. The number of nitrogens with zero attached hydrogens (tertiary/aromatic N) is 2. The molecule has 102 valence electrons. The molecule has 0 saturated heterocycles. The van der Waals surface area contributed by atoms with E-state index >= 15 is 0 Å². The van der Waals surface area contributed by atoms with E-state index in [9.17, 15) is 0 Å². The highest BCUT2D eigenvalue weighted by Gasteiger charge is 2.05. The molecule has 0 radical (unpaired) electrons. The molecule has 0 aliphatic rings. The van der Waals surface area contributed by atoms with Gasteiger partial charge >= 0.3 is 0 Å². The maximum Gasteiger partial charge on any atom is 0.142 e. The zero-order valence-corrected chi connectivity index (χ0v) is 11.8. The fraction of sp³-hybridized carbons (Fsp3) is 0.400. The highest BCUT2D eigenvalue weighted by Crippen LogP contribution is 2.26. The molecule has 0 bridgehead atoms. The summed E-state index contributed by atoms with van der Waals surface area (Å²) in [6, 6.07) is 6.21. The standard InChI is InChI=1S/C15H21N3O/c1-4-18-11-16-9-13(18)10-17-14-7-6-12(3)8-15(14)19-5-2/h6-9,11,17H,4-5,10H2,1-3H3. The molecule has 2 aromatic rings. The van der Waals surface area contributed by atoms with E-state index in [0.29, 0.717) is 6.61 Å². The van der Waals surface area contributed by atoms with E-state index < -0.39 is 0 Å². The highest BCUT2D eigenvalue weighted by molar-refractivity contribution is 5.57. The molecule has 4 heteroatoms. The van der Waals surface area contributed by atoms with Crippen LogP contribution in [0.3, 0.4) is 0 Å². The van der Waals surface area contributed by atoms with Crippen molar-refractivity contribution in [3.05, 3.63) is 42.0 Å². The molecule has 0 amide bonds. The summed E-state index contributed by atoms with van der Waals surface area (Å²) in [6.45, 7) is 8.53. The van der Waals surface area contributed by atoms with Gasteiger partial charge in [-0.05, 0) is 38.5 Å². The average molecular weight is 259 g/mol. The van der Waals surface area contributed by atoms with E-state index in [-0.39, 0.29) is 0 Å². The molecule has 19 heavy (non-hydrogen) atoms. The Morgan fingerprint density at radius 1 is 1.32 bits per heavy atom. The molecule has 0 aliphatic carbocycles. The molecule has 0 saturated carbocycles. The predicted molar refractivity (Wildman–Crippen MR) is 77.6 cm³/mol. The smallest absolute Gasteiger partial charge is 0.142 e. The van der Waals surface area contributed by atoms with Crippen molar-refractivity contribution in [1.82, 2.24) is 9.55 Å². The van der Waals surface area contributed by atoms with Gasteiger partial charge in [0.25, 0.3) is 0 Å². The molecule has 0 aliphatic heterocycles. The summed E-state index contributed by atoms with van der Waals surface area (Å²) in [5.41, 5.74) is 3.40. The summed E-state index contributed by atoms with van der Waals surface area (Å²) >= 11 is 0. The van der Waals surface area contributed by atoms with E-state index in [2.05, 4.69) is 46.9 Å². The second-order valence-electron chi connectivity index (χ2n) is 4.46. The van der Waals surface area contributed by atoms with Crippen molar-refractivity contribution in [2.45, 2.75) is 33.9 Å². The zero-order chi connectivity index (χ0) is 13.7. The van der Waals surface area contributed by atoms with Crippen LogP contribution in [0.2, 0.25) is 0 Å². The summed E-state index contributed by atoms with van der Waals surface area (Å²) < 4.78 is 7.79. The Labute approximate surface area is 114 Å². The first-order valence-corrected chi connectivity index (χ1v) is 6.71. The first kappa shape index (κ1) is 13.5. The van der Waals surface area contributed by atoms with Crippen LogP contribution in [0, 0.1) is 6.92 Å². The molecule has 0 unspecified atom stereocenters. The van der Waals surface area contributed by atoms with Crippen LogP contribution in [-0.2, 0) is 13.1 Å². The number of imidazole rings is 1. The Hall–Kier alpha value is -1.97. The van der Waals surface area contributed by atoms with Crippen molar-refractivity contribution in [2.75, 3.05) is 11.9 Å². The zero-order valence-electron chi connectivity index (χ0n) is 11.8. The molecule has 4 nitrogen and oxygen atoms in total. The lowest BCUT2D eigenvalue weighted by Gasteiger charge is -2.13. The minimum Gasteiger partial charge on any atom is -0.492 e. The van der Waals surface area contributed by atoms with Gasteiger partial charge in [-0.15, -0.1) is 0 Å². The number of rotatable bonds is 6. The van der Waals surface area contributed by atoms with Crippen LogP contribution in [0.15, 0.2) is 30.7 Å². The summed E-state index contributed by atoms with van der Waals surface area (Å²) in [5, 5.41) is 3.42. The Morgan fingerprint density at radius 3 is 2.89 bits per heavy atom. The minimum atomic E-state index is 0.672. The lowest BCUT2D eigenvalue weighted by Crippen LogP contribution is -2.07. The molecule has 1 N–H and O–H groups in total. The summed E-state index contributed by atoms with van der Waals surface area (Å²) in [5.74, 6) is 0.907. The number of anilines is 1. The predicted octanol–water partition coefficient (Wildman–Crippen LogP) is 3.22. The normalized spacial score (nSPS) is 10.5. The van der Waals surface area contributed by atoms with Gasteiger partial charge in [-0.2, -0.15) is 0 Å². The number of nitrogens with one attached hydrogen (secondary N) is 1. The van der Waals surface area contributed by atoms with Crippen molar-refractivity contribution in [1.29, 1.82) is 0 Å². The monoisotopic (exact) mass is 259 g/mol. The molecular weight excluding hydrogens is 238 g/mol. The van der Waals surface area contributed by atoms with Gasteiger partial charge in [0.1, 0.15) is 5.75 Å². The van der Waals surface area contributed by atoms with Crippen molar-refractivity contribution in [3.8, 4) is 5.75 Å². The molecule has 0 atom stereocenters. The SMILES string of the molecule is CCOc1cc(C)ccc1NCc1cncn1CC. The van der Waals surface area contributed by atoms with Crippen LogP contribution >= 0.6 is 0 Å². The maximum atomic E-state index is 5.66. The van der Waals surface area contributed by atoms with Gasteiger partial charge in [0.15, 0.2) is 0 Å². The number of aromatic nitrogens is 2. The highest BCUT2D eigenvalue weighted by atomic mass is 16.5. The van der Waals surface area contributed by atoms with E-state index in [1.54, 1.807) is 0 Å². The first-order chi connectivity index (χ1) is 9.24. The molecule has 1 heterocycles. The van der Waals surface area contributed by atoms with Gasteiger partial charge in [0.2, 0.25) is 0 Å². The third-order valence-corrected chi connectivity index (χ3v) is 3.04. The molecule has 2 rings (SSSR count). The fourth-order valence-corrected chi connectivity index (χ4v) is 2.02. The topological polar surface area (TPSA) is 39.1 Å². The molecule has 0 fully saturated rings. The largest absolute Gasteiger partial charge is 0.492 e. The Balaban J connectivity index is 2.10. The number of hydrogen-bond donors (Lipinski definition) is 1. The van der Waals surface area contributed by atoms with Crippen LogP contribution < -0.4 is 10.1 Å². The van der Waals surface area contributed by atoms with Crippen molar-refractivity contribution in [3.63, 3.8) is 0 Å². The van der Waals surface area contributed by atoms with E-state index in [4.69, 9.17) is 4.74 Å². The van der Waals surface area contributed by atoms with Crippen LogP contribution in [0.25, 0.3) is 0 Å². The maximum absolute atomic E-state index is 5.66. The third-order valence-electron chi connectivity index (χ3n) is 3.04. The summed E-state index contributed by atoms with van der Waals surface area (Å²) in [4.78, 5) is 4.17. The Kier molecular flexibility index (Phi) is 4.44. The van der Waals surface area contributed by atoms with E-state index in [1.165, 1.54) is 11.3 Å². The van der Waals surface area contributed by atoms with Gasteiger partial charge < -0.3 is 14.6 Å². The van der Waals surface area contributed by atoms with E-state index in [1.807, 2.05) is 19.4 Å². The Bertz CT molecular complexity index is 534. The molecule has 0 spiro atoms. The van der Waals surface area contributed by atoms with Crippen LogP contribution in [-0.4, -0.2) is 16.2 Å². The second kappa shape index (κ2) is 6.27. The van der Waals surface area contributed by atoms with Gasteiger partial charge in [0, 0.05) is 12.7 Å². The number of benzene rings is 1. The van der Waals surface area contributed by atoms with Crippen LogP contribution in [0.1, 0.15) is 25.1 Å². The molecule has 1 aromatic heterocycles. The fourth-order valence-electron chi connectivity index (χ4n) is 2.02. The second-order valence-corrected chi connectivity index (χ2v) is 4.46. The van der Waals surface area contributed by atoms with Crippen LogP contribution in [0.5, 0.6) is 5.75 Å².